The average Bonchev–Trinajstić information content (AvgIpc) is 2.99. The average molecular weight is 201 g/mol. The maximum Gasteiger partial charge on any atom is 0.201 e. The molecule has 3 nitrogen and oxygen atoms in total. The highest BCUT2D eigenvalue weighted by Gasteiger charge is 2.28. The van der Waals surface area contributed by atoms with Gasteiger partial charge in [0.25, 0.3) is 0 Å². The molecule has 78 valence electrons. The molecule has 1 fully saturated rings. The van der Waals surface area contributed by atoms with Gasteiger partial charge in [-0.3, -0.25) is 0 Å². The highest BCUT2D eigenvalue weighted by molar-refractivity contribution is 5.77. The van der Waals surface area contributed by atoms with Crippen molar-refractivity contribution in [2.24, 2.45) is 5.92 Å². The molecule has 0 bridgehead atoms. The van der Waals surface area contributed by atoms with Crippen molar-refractivity contribution in [1.82, 2.24) is 9.97 Å². The smallest absolute Gasteiger partial charge is 0.201 e. The number of para-hydroxylation sites is 2. The molecule has 1 aliphatic rings. The van der Waals surface area contributed by atoms with Crippen LogP contribution < -0.4 is 5.32 Å². The molecule has 0 saturated heterocycles. The van der Waals surface area contributed by atoms with Gasteiger partial charge < -0.3 is 10.3 Å². The minimum Gasteiger partial charge on any atom is -0.353 e. The second-order valence-electron chi connectivity index (χ2n) is 4.37. The molecule has 1 aromatic heterocycles. The zero-order valence-corrected chi connectivity index (χ0v) is 8.83. The molecule has 15 heavy (non-hydrogen) atoms. The third-order valence-electron chi connectivity index (χ3n) is 3.08. The summed E-state index contributed by atoms with van der Waals surface area (Å²) in [6.45, 7) is 2.23. The fraction of sp³-hybridized carbons (Fsp3) is 0.417. The molecule has 1 unspecified atom stereocenters. The van der Waals surface area contributed by atoms with Crippen molar-refractivity contribution in [3.05, 3.63) is 24.3 Å². The van der Waals surface area contributed by atoms with Crippen LogP contribution in [0.4, 0.5) is 5.95 Å². The molecule has 0 amide bonds. The monoisotopic (exact) mass is 201 g/mol. The number of anilines is 1. The van der Waals surface area contributed by atoms with Gasteiger partial charge >= 0.3 is 0 Å². The Kier molecular flexibility index (Phi) is 1.91. The normalized spacial score (nSPS) is 17.9. The van der Waals surface area contributed by atoms with Crippen molar-refractivity contribution in [1.29, 1.82) is 0 Å². The van der Waals surface area contributed by atoms with Crippen LogP contribution in [-0.2, 0) is 0 Å². The van der Waals surface area contributed by atoms with Crippen LogP contribution in [-0.4, -0.2) is 16.0 Å². The number of hydrogen-bond acceptors (Lipinski definition) is 2. The maximum absolute atomic E-state index is 4.50. The van der Waals surface area contributed by atoms with Gasteiger partial charge in [-0.15, -0.1) is 0 Å². The van der Waals surface area contributed by atoms with Crippen LogP contribution in [0.25, 0.3) is 11.0 Å². The first kappa shape index (κ1) is 8.77. The highest BCUT2D eigenvalue weighted by Crippen LogP contribution is 2.33. The van der Waals surface area contributed by atoms with Crippen LogP contribution in [0.5, 0.6) is 0 Å². The number of hydrogen-bond donors (Lipinski definition) is 2. The fourth-order valence-electron chi connectivity index (χ4n) is 1.95. The van der Waals surface area contributed by atoms with E-state index in [-0.39, 0.29) is 0 Å². The van der Waals surface area contributed by atoms with Crippen molar-refractivity contribution in [2.45, 2.75) is 25.8 Å². The summed E-state index contributed by atoms with van der Waals surface area (Å²) >= 11 is 0. The van der Waals surface area contributed by atoms with E-state index in [4.69, 9.17) is 0 Å². The Balaban J connectivity index is 1.84. The lowest BCUT2D eigenvalue weighted by Gasteiger charge is -2.10. The van der Waals surface area contributed by atoms with Crippen LogP contribution in [0.15, 0.2) is 24.3 Å². The Morgan fingerprint density at radius 1 is 1.40 bits per heavy atom. The summed E-state index contributed by atoms with van der Waals surface area (Å²) in [5.74, 6) is 1.74. The predicted octanol–water partition coefficient (Wildman–Crippen LogP) is 2.77. The second kappa shape index (κ2) is 3.26. The number of fused-ring (bicyclic) bond motifs is 1. The van der Waals surface area contributed by atoms with Crippen molar-refractivity contribution in [3.63, 3.8) is 0 Å². The van der Waals surface area contributed by atoms with E-state index in [0.29, 0.717) is 6.04 Å². The van der Waals surface area contributed by atoms with Crippen LogP contribution in [0.1, 0.15) is 19.8 Å². The zero-order valence-electron chi connectivity index (χ0n) is 8.83. The Labute approximate surface area is 88.9 Å². The molecule has 3 heteroatoms. The number of H-pyrrole nitrogens is 1. The minimum absolute atomic E-state index is 0.533. The maximum atomic E-state index is 4.50. The number of imidazole rings is 1. The second-order valence-corrected chi connectivity index (χ2v) is 4.37. The lowest BCUT2D eigenvalue weighted by Crippen LogP contribution is -2.17. The van der Waals surface area contributed by atoms with Gasteiger partial charge in [-0.05, 0) is 37.8 Å². The van der Waals surface area contributed by atoms with E-state index in [9.17, 15) is 0 Å². The first-order chi connectivity index (χ1) is 7.33. The Bertz CT molecular complexity index is 437. The predicted molar refractivity (Wildman–Crippen MR) is 61.9 cm³/mol. The summed E-state index contributed by atoms with van der Waals surface area (Å²) in [6.07, 6.45) is 2.71. The van der Waals surface area contributed by atoms with Crippen LogP contribution >= 0.6 is 0 Å². The molecule has 2 aromatic rings. The van der Waals surface area contributed by atoms with E-state index in [1.54, 1.807) is 0 Å². The summed E-state index contributed by atoms with van der Waals surface area (Å²) in [7, 11) is 0. The van der Waals surface area contributed by atoms with Crippen molar-refractivity contribution >= 4 is 17.0 Å². The molecule has 1 saturated carbocycles. The fourth-order valence-corrected chi connectivity index (χ4v) is 1.95. The van der Waals surface area contributed by atoms with Gasteiger partial charge in [-0.1, -0.05) is 12.1 Å². The van der Waals surface area contributed by atoms with E-state index < -0.39 is 0 Å². The van der Waals surface area contributed by atoms with Gasteiger partial charge in [0.1, 0.15) is 0 Å². The molecule has 2 N–H and O–H groups in total. The number of benzene rings is 1. The van der Waals surface area contributed by atoms with Gasteiger partial charge in [-0.25, -0.2) is 4.98 Å². The number of nitrogens with zero attached hydrogens (tertiary/aromatic N) is 1. The molecular weight excluding hydrogens is 186 g/mol. The van der Waals surface area contributed by atoms with E-state index in [0.717, 1.165) is 22.9 Å². The lowest BCUT2D eigenvalue weighted by molar-refractivity contribution is 0.688. The molecule has 1 aliphatic carbocycles. The molecule has 1 atom stereocenters. The van der Waals surface area contributed by atoms with E-state index in [1.165, 1.54) is 12.8 Å². The Hall–Kier alpha value is -1.51. The first-order valence-electron chi connectivity index (χ1n) is 5.54. The first-order valence-corrected chi connectivity index (χ1v) is 5.54. The highest BCUT2D eigenvalue weighted by atomic mass is 15.1. The lowest BCUT2D eigenvalue weighted by atomic mass is 10.2. The van der Waals surface area contributed by atoms with E-state index in [1.807, 2.05) is 18.2 Å². The van der Waals surface area contributed by atoms with Gasteiger partial charge in [0.15, 0.2) is 0 Å². The number of nitrogens with one attached hydrogen (secondary N) is 2. The molecule has 0 aliphatic heterocycles. The largest absolute Gasteiger partial charge is 0.353 e. The molecule has 0 radical (unpaired) electrons. The zero-order chi connectivity index (χ0) is 10.3. The third kappa shape index (κ3) is 1.69. The van der Waals surface area contributed by atoms with E-state index >= 15 is 0 Å². The summed E-state index contributed by atoms with van der Waals surface area (Å²) in [6, 6.07) is 8.64. The van der Waals surface area contributed by atoms with Crippen molar-refractivity contribution in [2.75, 3.05) is 5.32 Å². The van der Waals surface area contributed by atoms with Gasteiger partial charge in [-0.2, -0.15) is 0 Å². The SMILES string of the molecule is CC(Nc1nc2ccccc2[nH]1)C1CC1. The molecule has 1 heterocycles. The standard InChI is InChI=1S/C12H15N3/c1-8(9-6-7-9)13-12-14-10-4-2-3-5-11(10)15-12/h2-5,8-9H,6-7H2,1H3,(H2,13,14,15). The topological polar surface area (TPSA) is 40.7 Å². The molecule has 0 spiro atoms. The van der Waals surface area contributed by atoms with Crippen LogP contribution in [0.2, 0.25) is 0 Å². The number of rotatable bonds is 3. The number of aromatic nitrogens is 2. The summed E-state index contributed by atoms with van der Waals surface area (Å²) < 4.78 is 0. The summed E-state index contributed by atoms with van der Waals surface area (Å²) in [5, 5.41) is 3.43. The Morgan fingerprint density at radius 3 is 2.93 bits per heavy atom. The summed E-state index contributed by atoms with van der Waals surface area (Å²) in [4.78, 5) is 7.78. The van der Waals surface area contributed by atoms with Gasteiger partial charge in [0.2, 0.25) is 5.95 Å². The Morgan fingerprint density at radius 2 is 2.20 bits per heavy atom. The molecular formula is C12H15N3. The molecule has 3 rings (SSSR count). The number of aromatic amines is 1. The van der Waals surface area contributed by atoms with Crippen LogP contribution in [0.3, 0.4) is 0 Å². The summed E-state index contributed by atoms with van der Waals surface area (Å²) in [5.41, 5.74) is 2.13. The molecule has 1 aromatic carbocycles. The minimum atomic E-state index is 0.533. The van der Waals surface area contributed by atoms with Crippen molar-refractivity contribution in [3.8, 4) is 0 Å². The van der Waals surface area contributed by atoms with Gasteiger partial charge in [0.05, 0.1) is 11.0 Å². The quantitative estimate of drug-likeness (QED) is 0.801. The van der Waals surface area contributed by atoms with Gasteiger partial charge in [0, 0.05) is 6.04 Å². The van der Waals surface area contributed by atoms with E-state index in [2.05, 4.69) is 28.3 Å². The van der Waals surface area contributed by atoms with Crippen LogP contribution in [0, 0.1) is 5.92 Å². The third-order valence-corrected chi connectivity index (χ3v) is 3.08. The van der Waals surface area contributed by atoms with Crippen molar-refractivity contribution < 1.29 is 0 Å².